The van der Waals surface area contributed by atoms with Gasteiger partial charge in [0.2, 0.25) is 17.2 Å². The lowest BCUT2D eigenvalue weighted by Gasteiger charge is -2.34. The van der Waals surface area contributed by atoms with Crippen molar-refractivity contribution in [3.05, 3.63) is 22.6 Å². The zero-order valence-electron chi connectivity index (χ0n) is 13.3. The fraction of sp³-hybridized carbons (Fsp3) is 0.438. The van der Waals surface area contributed by atoms with Crippen molar-refractivity contribution in [1.29, 1.82) is 0 Å². The molecule has 1 atom stereocenters. The van der Waals surface area contributed by atoms with E-state index in [1.165, 1.54) is 20.3 Å². The highest BCUT2D eigenvalue weighted by Gasteiger charge is 2.38. The van der Waals surface area contributed by atoms with Gasteiger partial charge >= 0.3 is 5.63 Å². The Bertz CT molecular complexity index is 801. The van der Waals surface area contributed by atoms with Crippen molar-refractivity contribution in [1.82, 2.24) is 0 Å². The highest BCUT2D eigenvalue weighted by Crippen LogP contribution is 2.52. The molecule has 7 nitrogen and oxygen atoms in total. The van der Waals surface area contributed by atoms with Gasteiger partial charge in [-0.3, -0.25) is 0 Å². The summed E-state index contributed by atoms with van der Waals surface area (Å²) >= 11 is 0. The average Bonchev–Trinajstić information content (AvgIpc) is 2.52. The molecule has 1 aliphatic rings. The van der Waals surface area contributed by atoms with Crippen molar-refractivity contribution in [2.24, 2.45) is 0 Å². The SMILES string of the molecule is COc1c2c(c3oc(=O)ccc3c1OC)O[C@H](C(C)(C)O)CO2. The first-order chi connectivity index (χ1) is 10.9. The van der Waals surface area contributed by atoms with E-state index in [1.54, 1.807) is 19.9 Å². The van der Waals surface area contributed by atoms with Crippen molar-refractivity contribution in [2.45, 2.75) is 25.6 Å². The summed E-state index contributed by atoms with van der Waals surface area (Å²) in [5.74, 6) is 1.23. The second-order valence-electron chi connectivity index (χ2n) is 5.79. The Morgan fingerprint density at radius 2 is 1.87 bits per heavy atom. The van der Waals surface area contributed by atoms with Crippen LogP contribution in [0, 0.1) is 0 Å². The molecule has 2 heterocycles. The van der Waals surface area contributed by atoms with Crippen LogP contribution < -0.4 is 24.6 Å². The molecule has 0 saturated carbocycles. The largest absolute Gasteiger partial charge is 0.492 e. The third-order valence-electron chi connectivity index (χ3n) is 3.74. The second kappa shape index (κ2) is 5.34. The molecule has 124 valence electrons. The van der Waals surface area contributed by atoms with Gasteiger partial charge in [-0.05, 0) is 19.9 Å². The Kier molecular flexibility index (Phi) is 3.60. The van der Waals surface area contributed by atoms with Crippen LogP contribution in [-0.4, -0.2) is 37.6 Å². The van der Waals surface area contributed by atoms with E-state index < -0.39 is 17.3 Å². The third-order valence-corrected chi connectivity index (χ3v) is 3.74. The van der Waals surface area contributed by atoms with Gasteiger partial charge in [0.25, 0.3) is 0 Å². The lowest BCUT2D eigenvalue weighted by Crippen LogP contribution is -2.46. The maximum absolute atomic E-state index is 11.6. The predicted octanol–water partition coefficient (Wildman–Crippen LogP) is 1.72. The van der Waals surface area contributed by atoms with E-state index in [-0.39, 0.29) is 23.7 Å². The highest BCUT2D eigenvalue weighted by molar-refractivity contribution is 5.94. The fourth-order valence-electron chi connectivity index (χ4n) is 2.51. The van der Waals surface area contributed by atoms with Crippen LogP contribution in [0.4, 0.5) is 0 Å². The van der Waals surface area contributed by atoms with Crippen LogP contribution >= 0.6 is 0 Å². The van der Waals surface area contributed by atoms with Gasteiger partial charge in [-0.1, -0.05) is 0 Å². The van der Waals surface area contributed by atoms with Crippen LogP contribution in [0.2, 0.25) is 0 Å². The molecule has 0 bridgehead atoms. The monoisotopic (exact) mass is 322 g/mol. The summed E-state index contributed by atoms with van der Waals surface area (Å²) in [5, 5.41) is 10.7. The van der Waals surface area contributed by atoms with Gasteiger partial charge in [0.15, 0.2) is 17.4 Å². The van der Waals surface area contributed by atoms with Gasteiger partial charge in [0.05, 0.1) is 25.2 Å². The van der Waals surface area contributed by atoms with E-state index in [0.29, 0.717) is 16.9 Å². The van der Waals surface area contributed by atoms with Crippen molar-refractivity contribution >= 4 is 11.0 Å². The van der Waals surface area contributed by atoms with Crippen LogP contribution in [0.1, 0.15) is 13.8 Å². The molecular weight excluding hydrogens is 304 g/mol. The summed E-state index contributed by atoms with van der Waals surface area (Å²) in [6.07, 6.45) is -0.623. The quantitative estimate of drug-likeness (QED) is 0.861. The second-order valence-corrected chi connectivity index (χ2v) is 5.79. The molecule has 1 aliphatic heterocycles. The summed E-state index contributed by atoms with van der Waals surface area (Å²) in [7, 11) is 2.96. The minimum Gasteiger partial charge on any atom is -0.492 e. The third kappa shape index (κ3) is 2.46. The molecule has 0 aliphatic carbocycles. The molecule has 0 amide bonds. The Labute approximate surface area is 132 Å². The Balaban J connectivity index is 2.31. The normalized spacial score (nSPS) is 17.2. The molecule has 3 rings (SSSR count). The molecule has 1 aromatic carbocycles. The van der Waals surface area contributed by atoms with Crippen LogP contribution in [0.5, 0.6) is 23.0 Å². The number of aliphatic hydroxyl groups is 1. The van der Waals surface area contributed by atoms with E-state index in [0.717, 1.165) is 0 Å². The number of benzene rings is 1. The lowest BCUT2D eigenvalue weighted by molar-refractivity contribution is -0.0655. The maximum Gasteiger partial charge on any atom is 0.336 e. The Morgan fingerprint density at radius 1 is 1.17 bits per heavy atom. The number of hydrogen-bond acceptors (Lipinski definition) is 7. The molecule has 0 saturated heterocycles. The summed E-state index contributed by atoms with van der Waals surface area (Å²) in [5.41, 5.74) is -1.47. The predicted molar refractivity (Wildman–Crippen MR) is 81.8 cm³/mol. The van der Waals surface area contributed by atoms with Crippen LogP contribution in [-0.2, 0) is 0 Å². The Morgan fingerprint density at radius 3 is 2.48 bits per heavy atom. The first-order valence-electron chi connectivity index (χ1n) is 7.10. The summed E-state index contributed by atoms with van der Waals surface area (Å²) in [6.45, 7) is 3.36. The summed E-state index contributed by atoms with van der Waals surface area (Å²) in [6, 6.07) is 2.85. The smallest absolute Gasteiger partial charge is 0.336 e. The van der Waals surface area contributed by atoms with E-state index in [1.807, 2.05) is 0 Å². The Hall–Kier alpha value is -2.41. The molecule has 2 aromatic rings. The maximum atomic E-state index is 11.6. The van der Waals surface area contributed by atoms with Crippen molar-refractivity contribution in [3.8, 4) is 23.0 Å². The minimum absolute atomic E-state index is 0.124. The van der Waals surface area contributed by atoms with E-state index in [9.17, 15) is 9.90 Å². The van der Waals surface area contributed by atoms with Gasteiger partial charge in [-0.15, -0.1) is 0 Å². The number of fused-ring (bicyclic) bond motifs is 3. The van der Waals surface area contributed by atoms with Gasteiger partial charge in [0, 0.05) is 6.07 Å². The van der Waals surface area contributed by atoms with E-state index in [4.69, 9.17) is 23.4 Å². The number of ether oxygens (including phenoxy) is 4. The fourth-order valence-corrected chi connectivity index (χ4v) is 2.51. The van der Waals surface area contributed by atoms with Gasteiger partial charge < -0.3 is 28.5 Å². The molecular formula is C16H18O7. The van der Waals surface area contributed by atoms with Gasteiger partial charge in [-0.25, -0.2) is 4.79 Å². The van der Waals surface area contributed by atoms with Crippen molar-refractivity contribution in [2.75, 3.05) is 20.8 Å². The van der Waals surface area contributed by atoms with Crippen molar-refractivity contribution in [3.63, 3.8) is 0 Å². The molecule has 0 radical (unpaired) electrons. The van der Waals surface area contributed by atoms with Gasteiger partial charge in [-0.2, -0.15) is 0 Å². The molecule has 0 fully saturated rings. The summed E-state index contributed by atoms with van der Waals surface area (Å²) < 4.78 is 27.6. The zero-order chi connectivity index (χ0) is 16.8. The molecule has 1 N–H and O–H groups in total. The molecule has 1 aromatic heterocycles. The van der Waals surface area contributed by atoms with Crippen LogP contribution in [0.3, 0.4) is 0 Å². The minimum atomic E-state index is -1.13. The van der Waals surface area contributed by atoms with E-state index in [2.05, 4.69) is 0 Å². The first kappa shape index (κ1) is 15.5. The van der Waals surface area contributed by atoms with E-state index >= 15 is 0 Å². The number of rotatable bonds is 3. The van der Waals surface area contributed by atoms with Crippen LogP contribution in [0.25, 0.3) is 11.0 Å². The number of hydrogen-bond donors (Lipinski definition) is 1. The van der Waals surface area contributed by atoms with Crippen molar-refractivity contribution < 1.29 is 28.5 Å². The average molecular weight is 322 g/mol. The van der Waals surface area contributed by atoms with Gasteiger partial charge in [0.1, 0.15) is 6.61 Å². The molecule has 0 spiro atoms. The lowest BCUT2D eigenvalue weighted by atomic mass is 10.0. The summed E-state index contributed by atoms with van der Waals surface area (Å²) in [4.78, 5) is 11.6. The van der Waals surface area contributed by atoms with Crippen LogP contribution in [0.15, 0.2) is 21.3 Å². The molecule has 23 heavy (non-hydrogen) atoms. The molecule has 7 heteroatoms. The standard InChI is InChI=1S/C16H18O7/c1-16(2,18)9-7-21-14-13(20-4)11(19-3)8-5-6-10(17)23-12(8)15(14)22-9/h5-6,9,18H,7H2,1-4H3/t9-/m0/s1. The highest BCUT2D eigenvalue weighted by atomic mass is 16.6. The zero-order valence-corrected chi connectivity index (χ0v) is 13.3. The topological polar surface area (TPSA) is 87.4 Å². The molecule has 0 unspecified atom stereocenters. The number of methoxy groups -OCH3 is 2. The first-order valence-corrected chi connectivity index (χ1v) is 7.10.